The molecule has 1 heterocycles. The quantitative estimate of drug-likeness (QED) is 0.382. The largest absolute Gasteiger partial charge is 0.488 e. The van der Waals surface area contributed by atoms with Gasteiger partial charge in [0.1, 0.15) is 24.0 Å². The maximum absolute atomic E-state index is 14.6. The van der Waals surface area contributed by atoms with E-state index in [1.807, 2.05) is 0 Å². The van der Waals surface area contributed by atoms with Crippen molar-refractivity contribution in [2.45, 2.75) is 45.5 Å². The fraction of sp³-hybridized carbons (Fsp3) is 0.500. The molecule has 0 spiro atoms. The molecule has 1 aliphatic heterocycles. The van der Waals surface area contributed by atoms with Gasteiger partial charge in [0, 0.05) is 23.6 Å². The molecule has 2 aliphatic rings. The molecule has 0 bridgehead atoms. The molecule has 1 aliphatic carbocycles. The third-order valence-corrected chi connectivity index (χ3v) is 6.43. The van der Waals surface area contributed by atoms with Crippen LogP contribution < -0.4 is 4.74 Å². The lowest BCUT2D eigenvalue weighted by atomic mass is 9.76. The number of rotatable bonds is 5. The summed E-state index contributed by atoms with van der Waals surface area (Å²) in [5.74, 6) is -5.18. The van der Waals surface area contributed by atoms with E-state index in [2.05, 4.69) is 6.92 Å². The molecular weight excluding hydrogens is 431 g/mol. The minimum Gasteiger partial charge on any atom is -0.488 e. The molecule has 0 aromatic heterocycles. The lowest BCUT2D eigenvalue weighted by Crippen LogP contribution is -2.34. The highest BCUT2D eigenvalue weighted by Crippen LogP contribution is 2.37. The highest BCUT2D eigenvalue weighted by Gasteiger charge is 2.32. The second-order valence-corrected chi connectivity index (χ2v) is 8.73. The fourth-order valence-electron chi connectivity index (χ4n) is 4.41. The van der Waals surface area contributed by atoms with Crippen LogP contribution in [0.3, 0.4) is 0 Å². The average Bonchev–Trinajstić information content (AvgIpc) is 2.77. The van der Waals surface area contributed by atoms with Crippen molar-refractivity contribution in [1.29, 1.82) is 0 Å². The van der Waals surface area contributed by atoms with E-state index >= 15 is 0 Å². The van der Waals surface area contributed by atoms with Crippen LogP contribution in [0.15, 0.2) is 24.3 Å². The Hall–Kier alpha value is -2.19. The molecule has 0 unspecified atom stereocenters. The Morgan fingerprint density at radius 2 is 1.34 bits per heavy atom. The second-order valence-electron chi connectivity index (χ2n) is 8.73. The SMILES string of the molecule is CC1CCC(C2COC(c3cc(F)c(COc4cc(F)c(F)c(F)c4)c(F)c3)OC2)CC1. The third kappa shape index (κ3) is 5.07. The van der Waals surface area contributed by atoms with E-state index in [0.717, 1.165) is 30.9 Å². The lowest BCUT2D eigenvalue weighted by Gasteiger charge is -2.37. The van der Waals surface area contributed by atoms with E-state index in [9.17, 15) is 22.0 Å². The minimum atomic E-state index is -1.65. The van der Waals surface area contributed by atoms with Crippen molar-refractivity contribution in [3.8, 4) is 5.75 Å². The molecular formula is C24H25F5O3. The Morgan fingerprint density at radius 3 is 1.91 bits per heavy atom. The highest BCUT2D eigenvalue weighted by atomic mass is 19.2. The molecule has 4 rings (SSSR count). The van der Waals surface area contributed by atoms with E-state index in [4.69, 9.17) is 14.2 Å². The zero-order valence-electron chi connectivity index (χ0n) is 17.7. The second kappa shape index (κ2) is 9.75. The van der Waals surface area contributed by atoms with Gasteiger partial charge in [-0.25, -0.2) is 22.0 Å². The summed E-state index contributed by atoms with van der Waals surface area (Å²) in [6.45, 7) is 2.57. The number of benzene rings is 2. The summed E-state index contributed by atoms with van der Waals surface area (Å²) in [5.41, 5.74) is -0.220. The summed E-state index contributed by atoms with van der Waals surface area (Å²) in [7, 11) is 0. The summed E-state index contributed by atoms with van der Waals surface area (Å²) < 4.78 is 85.3. The van der Waals surface area contributed by atoms with Crippen LogP contribution in [0.4, 0.5) is 22.0 Å². The monoisotopic (exact) mass is 456 g/mol. The van der Waals surface area contributed by atoms with Crippen LogP contribution in [0.1, 0.15) is 50.0 Å². The molecule has 2 aromatic rings. The summed E-state index contributed by atoms with van der Waals surface area (Å²) in [6.07, 6.45) is 3.81. The number of hydrogen-bond donors (Lipinski definition) is 0. The Morgan fingerprint density at radius 1 is 0.781 bits per heavy atom. The van der Waals surface area contributed by atoms with Crippen molar-refractivity contribution < 1.29 is 36.2 Å². The Labute approximate surface area is 183 Å². The van der Waals surface area contributed by atoms with Crippen LogP contribution in [-0.4, -0.2) is 13.2 Å². The molecule has 32 heavy (non-hydrogen) atoms. The lowest BCUT2D eigenvalue weighted by molar-refractivity contribution is -0.214. The molecule has 2 aromatic carbocycles. The van der Waals surface area contributed by atoms with Crippen LogP contribution >= 0.6 is 0 Å². The zero-order valence-corrected chi connectivity index (χ0v) is 17.7. The molecule has 174 valence electrons. The molecule has 0 radical (unpaired) electrons. The Balaban J connectivity index is 1.38. The van der Waals surface area contributed by atoms with Gasteiger partial charge < -0.3 is 14.2 Å². The molecule has 1 saturated heterocycles. The first-order chi connectivity index (χ1) is 15.3. The van der Waals surface area contributed by atoms with E-state index in [1.165, 1.54) is 12.8 Å². The third-order valence-electron chi connectivity index (χ3n) is 6.43. The van der Waals surface area contributed by atoms with Gasteiger partial charge in [0.2, 0.25) is 0 Å². The predicted molar refractivity (Wildman–Crippen MR) is 106 cm³/mol. The van der Waals surface area contributed by atoms with Gasteiger partial charge in [-0.05, 0) is 36.8 Å². The van der Waals surface area contributed by atoms with Gasteiger partial charge >= 0.3 is 0 Å². The Bertz CT molecular complexity index is 905. The normalized spacial score (nSPS) is 26.2. The highest BCUT2D eigenvalue weighted by molar-refractivity contribution is 5.29. The van der Waals surface area contributed by atoms with Crippen molar-refractivity contribution in [3.63, 3.8) is 0 Å². The van der Waals surface area contributed by atoms with Gasteiger partial charge in [-0.3, -0.25) is 0 Å². The number of ether oxygens (including phenoxy) is 3. The summed E-state index contributed by atoms with van der Waals surface area (Å²) in [6, 6.07) is 3.41. The first-order valence-electron chi connectivity index (χ1n) is 10.8. The van der Waals surface area contributed by atoms with Gasteiger partial charge in [0.15, 0.2) is 23.7 Å². The van der Waals surface area contributed by atoms with Crippen molar-refractivity contribution in [2.75, 3.05) is 13.2 Å². The van der Waals surface area contributed by atoms with Crippen molar-refractivity contribution in [2.24, 2.45) is 17.8 Å². The number of hydrogen-bond acceptors (Lipinski definition) is 3. The topological polar surface area (TPSA) is 27.7 Å². The van der Waals surface area contributed by atoms with Crippen LogP contribution in [0.2, 0.25) is 0 Å². The molecule has 2 fully saturated rings. The van der Waals surface area contributed by atoms with Crippen molar-refractivity contribution >= 4 is 0 Å². The number of halogens is 5. The summed E-state index contributed by atoms with van der Waals surface area (Å²) >= 11 is 0. The van der Waals surface area contributed by atoms with Crippen molar-refractivity contribution in [3.05, 3.63) is 64.5 Å². The first-order valence-corrected chi connectivity index (χ1v) is 10.8. The summed E-state index contributed by atoms with van der Waals surface area (Å²) in [5, 5.41) is 0. The van der Waals surface area contributed by atoms with Gasteiger partial charge in [-0.15, -0.1) is 0 Å². The van der Waals surface area contributed by atoms with E-state index < -0.39 is 47.5 Å². The van der Waals surface area contributed by atoms with Gasteiger partial charge in [-0.1, -0.05) is 19.8 Å². The van der Waals surface area contributed by atoms with E-state index in [1.54, 1.807) is 0 Å². The van der Waals surface area contributed by atoms with Crippen LogP contribution in [0.5, 0.6) is 5.75 Å². The van der Waals surface area contributed by atoms with Gasteiger partial charge in [0.05, 0.1) is 18.8 Å². The first kappa shape index (κ1) is 23.0. The van der Waals surface area contributed by atoms with E-state index in [0.29, 0.717) is 31.3 Å². The predicted octanol–water partition coefficient (Wildman–Crippen LogP) is 6.45. The Kier molecular flexibility index (Phi) is 7.00. The van der Waals surface area contributed by atoms with Crippen LogP contribution in [0.25, 0.3) is 0 Å². The van der Waals surface area contributed by atoms with Crippen LogP contribution in [-0.2, 0) is 16.1 Å². The molecule has 0 atom stereocenters. The van der Waals surface area contributed by atoms with Crippen molar-refractivity contribution in [1.82, 2.24) is 0 Å². The van der Waals surface area contributed by atoms with Gasteiger partial charge in [-0.2, -0.15) is 0 Å². The molecule has 0 amide bonds. The van der Waals surface area contributed by atoms with Crippen LogP contribution in [0, 0.1) is 46.8 Å². The smallest absolute Gasteiger partial charge is 0.194 e. The molecule has 0 N–H and O–H groups in total. The summed E-state index contributed by atoms with van der Waals surface area (Å²) in [4.78, 5) is 0. The standard InChI is InChI=1S/C24H25F5O3/c1-13-2-4-14(5-3-13)16-10-31-24(32-11-16)15-6-19(25)18(20(26)7-15)12-30-17-8-21(27)23(29)22(28)9-17/h6-9,13-14,16,24H,2-5,10-12H2,1H3. The zero-order chi connectivity index (χ0) is 22.8. The maximum atomic E-state index is 14.6. The van der Waals surface area contributed by atoms with Gasteiger partial charge in [0.25, 0.3) is 0 Å². The molecule has 1 saturated carbocycles. The molecule has 3 nitrogen and oxygen atoms in total. The maximum Gasteiger partial charge on any atom is 0.194 e. The fourth-order valence-corrected chi connectivity index (χ4v) is 4.41. The average molecular weight is 456 g/mol. The van der Waals surface area contributed by atoms with E-state index in [-0.39, 0.29) is 17.2 Å². The minimum absolute atomic E-state index is 0.207. The molecule has 8 heteroatoms.